The average Bonchev–Trinajstić information content (AvgIpc) is 2.93. The van der Waals surface area contributed by atoms with Gasteiger partial charge in [-0.3, -0.25) is 14.2 Å². The van der Waals surface area contributed by atoms with Crippen LogP contribution >= 0.6 is 0 Å². The summed E-state index contributed by atoms with van der Waals surface area (Å²) in [4.78, 5) is 22.5. The summed E-state index contributed by atoms with van der Waals surface area (Å²) in [5, 5.41) is 0. The predicted octanol–water partition coefficient (Wildman–Crippen LogP) is 3.01. The predicted molar refractivity (Wildman–Crippen MR) is 89.3 cm³/mol. The summed E-state index contributed by atoms with van der Waals surface area (Å²) in [7, 11) is 1.62. The van der Waals surface area contributed by atoms with Crippen LogP contribution in [0.5, 0.6) is 0 Å². The zero-order valence-electron chi connectivity index (χ0n) is 14.0. The lowest BCUT2D eigenvalue weighted by Gasteiger charge is -2.15. The van der Waals surface area contributed by atoms with Gasteiger partial charge in [0, 0.05) is 19.4 Å². The van der Waals surface area contributed by atoms with Gasteiger partial charge in [0.15, 0.2) is 5.69 Å². The molecular weight excluding hydrogens is 307 g/mol. The molecule has 124 valence electrons. The number of aryl methyl sites for hydroxylation is 2. The zero-order valence-corrected chi connectivity index (χ0v) is 14.0. The van der Waals surface area contributed by atoms with E-state index in [1.807, 2.05) is 25.1 Å². The number of aromatic nitrogens is 3. The maximum Gasteiger partial charge on any atom is 0.277 e. The van der Waals surface area contributed by atoms with Crippen molar-refractivity contribution in [1.29, 1.82) is 0 Å². The minimum atomic E-state index is -0.639. The van der Waals surface area contributed by atoms with Gasteiger partial charge in [-0.2, -0.15) is 4.39 Å². The summed E-state index contributed by atoms with van der Waals surface area (Å²) in [6.07, 6.45) is 4.27. The van der Waals surface area contributed by atoms with Crippen LogP contribution < -0.4 is 0 Å². The van der Waals surface area contributed by atoms with Crippen LogP contribution in [0.15, 0.2) is 36.7 Å². The Morgan fingerprint density at radius 3 is 2.75 bits per heavy atom. The van der Waals surface area contributed by atoms with E-state index in [9.17, 15) is 9.18 Å². The fourth-order valence-electron chi connectivity index (χ4n) is 2.56. The summed E-state index contributed by atoms with van der Waals surface area (Å²) >= 11 is 0. The molecule has 0 radical (unpaired) electrons. The van der Waals surface area contributed by atoms with Crippen molar-refractivity contribution in [3.8, 4) is 0 Å². The van der Waals surface area contributed by atoms with Gasteiger partial charge in [-0.25, -0.2) is 4.98 Å². The van der Waals surface area contributed by atoms with E-state index in [4.69, 9.17) is 0 Å². The second-order valence-corrected chi connectivity index (χ2v) is 5.81. The first kappa shape index (κ1) is 16.1. The molecule has 3 heterocycles. The number of rotatable bonds is 4. The van der Waals surface area contributed by atoms with Crippen molar-refractivity contribution < 1.29 is 9.18 Å². The molecule has 0 fully saturated rings. The second kappa shape index (κ2) is 6.39. The third-order valence-corrected chi connectivity index (χ3v) is 4.03. The number of pyridine rings is 2. The molecule has 0 atom stereocenters. The lowest BCUT2D eigenvalue weighted by molar-refractivity contribution is 0.0773. The number of fused-ring (bicyclic) bond motifs is 1. The van der Waals surface area contributed by atoms with Gasteiger partial charge in [-0.1, -0.05) is 19.1 Å². The highest BCUT2D eigenvalue weighted by Crippen LogP contribution is 2.16. The standard InChI is InChI=1S/C18H19FN4O/c1-4-13-7-8-14(20-10-13)11-22(3)18(24)15-16(19)23-9-5-6-12(2)17(23)21-15/h5-10H,4,11H2,1-3H3. The Labute approximate surface area is 139 Å². The second-order valence-electron chi connectivity index (χ2n) is 5.81. The van der Waals surface area contributed by atoms with Crippen molar-refractivity contribution in [3.63, 3.8) is 0 Å². The molecule has 0 aliphatic rings. The van der Waals surface area contributed by atoms with Crippen molar-refractivity contribution in [1.82, 2.24) is 19.3 Å². The van der Waals surface area contributed by atoms with Crippen molar-refractivity contribution in [2.75, 3.05) is 7.05 Å². The summed E-state index contributed by atoms with van der Waals surface area (Å²) in [5.74, 6) is -1.10. The molecule has 3 rings (SSSR count). The van der Waals surface area contributed by atoms with E-state index in [-0.39, 0.29) is 5.69 Å². The third-order valence-electron chi connectivity index (χ3n) is 4.03. The summed E-state index contributed by atoms with van der Waals surface area (Å²) in [6.45, 7) is 4.19. The molecule has 1 amide bonds. The number of carbonyl (C=O) groups excluding carboxylic acids is 1. The quantitative estimate of drug-likeness (QED) is 0.740. The van der Waals surface area contributed by atoms with Gasteiger partial charge >= 0.3 is 0 Å². The highest BCUT2D eigenvalue weighted by Gasteiger charge is 2.23. The fourth-order valence-corrected chi connectivity index (χ4v) is 2.56. The number of hydrogen-bond donors (Lipinski definition) is 0. The topological polar surface area (TPSA) is 50.5 Å². The Bertz CT molecular complexity index is 886. The SMILES string of the molecule is CCc1ccc(CN(C)C(=O)c2nc3c(C)cccn3c2F)nc1. The largest absolute Gasteiger partial charge is 0.334 e. The monoisotopic (exact) mass is 326 g/mol. The molecule has 0 spiro atoms. The van der Waals surface area contributed by atoms with Gasteiger partial charge in [0.25, 0.3) is 5.91 Å². The number of carbonyl (C=O) groups is 1. The van der Waals surface area contributed by atoms with E-state index in [1.54, 1.807) is 25.5 Å². The fraction of sp³-hybridized carbons (Fsp3) is 0.278. The van der Waals surface area contributed by atoms with Crippen LogP contribution in [-0.2, 0) is 13.0 Å². The maximum atomic E-state index is 14.5. The van der Waals surface area contributed by atoms with Crippen LogP contribution in [0, 0.1) is 12.9 Å². The molecule has 0 saturated carbocycles. The maximum absolute atomic E-state index is 14.5. The Morgan fingerprint density at radius 1 is 1.33 bits per heavy atom. The highest BCUT2D eigenvalue weighted by molar-refractivity contribution is 5.93. The van der Waals surface area contributed by atoms with Gasteiger partial charge in [-0.05, 0) is 36.6 Å². The van der Waals surface area contributed by atoms with E-state index in [0.29, 0.717) is 12.2 Å². The van der Waals surface area contributed by atoms with Gasteiger partial charge in [0.2, 0.25) is 5.95 Å². The van der Waals surface area contributed by atoms with Gasteiger partial charge in [0.1, 0.15) is 5.65 Å². The Hall–Kier alpha value is -2.76. The number of hydrogen-bond acceptors (Lipinski definition) is 3. The van der Waals surface area contributed by atoms with Crippen LogP contribution in [0.1, 0.15) is 34.2 Å². The number of imidazole rings is 1. The molecule has 0 saturated heterocycles. The molecule has 0 aromatic carbocycles. The lowest BCUT2D eigenvalue weighted by Crippen LogP contribution is -2.27. The number of nitrogens with zero attached hydrogens (tertiary/aromatic N) is 4. The Morgan fingerprint density at radius 2 is 2.12 bits per heavy atom. The van der Waals surface area contributed by atoms with E-state index < -0.39 is 11.9 Å². The summed E-state index contributed by atoms with van der Waals surface area (Å²) in [6, 6.07) is 7.42. The molecule has 0 aliphatic carbocycles. The Kier molecular flexibility index (Phi) is 4.29. The number of halogens is 1. The van der Waals surface area contributed by atoms with E-state index in [0.717, 1.165) is 23.2 Å². The van der Waals surface area contributed by atoms with E-state index in [2.05, 4.69) is 16.9 Å². The van der Waals surface area contributed by atoms with Crippen molar-refractivity contribution >= 4 is 11.6 Å². The molecule has 6 heteroatoms. The average molecular weight is 326 g/mol. The van der Waals surface area contributed by atoms with Crippen molar-refractivity contribution in [3.05, 3.63) is 65.1 Å². The van der Waals surface area contributed by atoms with Crippen LogP contribution in [-0.4, -0.2) is 32.2 Å². The van der Waals surface area contributed by atoms with Crippen LogP contribution in [0.4, 0.5) is 4.39 Å². The van der Waals surface area contributed by atoms with Gasteiger partial charge < -0.3 is 4.90 Å². The van der Waals surface area contributed by atoms with Crippen molar-refractivity contribution in [2.24, 2.45) is 0 Å². The van der Waals surface area contributed by atoms with Crippen LogP contribution in [0.2, 0.25) is 0 Å². The third kappa shape index (κ3) is 2.87. The van der Waals surface area contributed by atoms with E-state index in [1.165, 1.54) is 9.30 Å². The van der Waals surface area contributed by atoms with Crippen molar-refractivity contribution in [2.45, 2.75) is 26.8 Å². The first-order valence-electron chi connectivity index (χ1n) is 7.83. The highest BCUT2D eigenvalue weighted by atomic mass is 19.1. The molecule has 24 heavy (non-hydrogen) atoms. The molecule has 0 aliphatic heterocycles. The van der Waals surface area contributed by atoms with Crippen LogP contribution in [0.25, 0.3) is 5.65 Å². The molecule has 0 bridgehead atoms. The molecule has 0 N–H and O–H groups in total. The lowest BCUT2D eigenvalue weighted by atomic mass is 10.2. The molecular formula is C18H19FN4O. The van der Waals surface area contributed by atoms with Gasteiger partial charge in [-0.15, -0.1) is 0 Å². The minimum Gasteiger partial charge on any atom is -0.334 e. The zero-order chi connectivity index (χ0) is 17.3. The molecule has 5 nitrogen and oxygen atoms in total. The smallest absolute Gasteiger partial charge is 0.277 e. The summed E-state index contributed by atoms with van der Waals surface area (Å²) < 4.78 is 15.8. The first-order valence-corrected chi connectivity index (χ1v) is 7.83. The Balaban J connectivity index is 1.85. The molecule has 3 aromatic rings. The van der Waals surface area contributed by atoms with Crippen LogP contribution in [0.3, 0.4) is 0 Å². The van der Waals surface area contributed by atoms with E-state index >= 15 is 0 Å². The normalized spacial score (nSPS) is 11.0. The first-order chi connectivity index (χ1) is 11.5. The van der Waals surface area contributed by atoms with Gasteiger partial charge in [0.05, 0.1) is 12.2 Å². The minimum absolute atomic E-state index is 0.169. The summed E-state index contributed by atoms with van der Waals surface area (Å²) in [5.41, 5.74) is 2.99. The molecule has 0 unspecified atom stereocenters. The number of amides is 1. The molecule has 3 aromatic heterocycles.